The van der Waals surface area contributed by atoms with Crippen molar-refractivity contribution in [2.45, 2.75) is 50.2 Å². The van der Waals surface area contributed by atoms with Crippen LogP contribution in [0.3, 0.4) is 0 Å². The van der Waals surface area contributed by atoms with E-state index in [9.17, 15) is 29.4 Å². The number of aromatic nitrogens is 1. The summed E-state index contributed by atoms with van der Waals surface area (Å²) in [5.74, 6) is -3.03. The molecule has 3 atom stereocenters. The van der Waals surface area contributed by atoms with E-state index in [4.69, 9.17) is 11.5 Å². The molecule has 40 heavy (non-hydrogen) atoms. The zero-order chi connectivity index (χ0) is 29.1. The summed E-state index contributed by atoms with van der Waals surface area (Å²) in [6, 6.07) is 10.2. The van der Waals surface area contributed by atoms with Crippen LogP contribution in [0.25, 0.3) is 10.9 Å². The summed E-state index contributed by atoms with van der Waals surface area (Å²) in [6.07, 6.45) is 3.16. The Bertz CT molecular complexity index is 1310. The molecule has 10 N–H and O–H groups in total. The highest BCUT2D eigenvalue weighted by atomic mass is 16.4. The van der Waals surface area contributed by atoms with Crippen molar-refractivity contribution < 1.29 is 29.4 Å². The number of amides is 3. The number of nitrogens with one attached hydrogen (secondary N) is 4. The number of carbonyl (C=O) groups excluding carboxylic acids is 3. The lowest BCUT2D eigenvalue weighted by atomic mass is 10.0. The molecule has 0 radical (unpaired) electrons. The average molecular weight is 553 g/mol. The zero-order valence-electron chi connectivity index (χ0n) is 22.1. The number of aromatic amines is 1. The first kappa shape index (κ1) is 30.1. The number of carboxylic acid groups (broad SMARTS) is 1. The first-order chi connectivity index (χ1) is 19.2. The lowest BCUT2D eigenvalue weighted by Crippen LogP contribution is -2.57. The van der Waals surface area contributed by atoms with E-state index in [1.807, 2.05) is 24.3 Å². The molecule has 3 aromatic rings. The third kappa shape index (κ3) is 8.55. The maximum absolute atomic E-state index is 13.5. The monoisotopic (exact) mass is 552 g/mol. The molecular formula is C28H36N6O6. The minimum Gasteiger partial charge on any atom is -0.508 e. The Morgan fingerprint density at radius 1 is 0.825 bits per heavy atom. The van der Waals surface area contributed by atoms with Gasteiger partial charge in [-0.25, -0.2) is 4.79 Å². The van der Waals surface area contributed by atoms with Crippen molar-refractivity contribution in [2.24, 2.45) is 11.5 Å². The Labute approximate surface area is 231 Å². The quantitative estimate of drug-likeness (QED) is 0.122. The Balaban J connectivity index is 1.86. The van der Waals surface area contributed by atoms with Gasteiger partial charge in [0.25, 0.3) is 0 Å². The van der Waals surface area contributed by atoms with E-state index in [2.05, 4.69) is 20.9 Å². The number of nitrogens with two attached hydrogens (primary N) is 2. The number of hydrogen-bond acceptors (Lipinski definition) is 7. The van der Waals surface area contributed by atoms with Crippen LogP contribution in [0, 0.1) is 0 Å². The second-order valence-corrected chi connectivity index (χ2v) is 9.50. The summed E-state index contributed by atoms with van der Waals surface area (Å²) in [5.41, 5.74) is 13.2. The number of carbonyl (C=O) groups is 4. The maximum Gasteiger partial charge on any atom is 0.326 e. The maximum atomic E-state index is 13.5. The van der Waals surface area contributed by atoms with Crippen molar-refractivity contribution in [1.29, 1.82) is 0 Å². The van der Waals surface area contributed by atoms with Crippen LogP contribution in [0.1, 0.15) is 30.4 Å². The van der Waals surface area contributed by atoms with Gasteiger partial charge in [-0.3, -0.25) is 14.4 Å². The number of benzene rings is 2. The standard InChI is InChI=1S/C28H36N6O6/c29-12-4-3-7-22(28(39)40)33-27(38)24(14-18-16-31-21-6-2-1-5-20(18)21)34-26(37)23(32-25(36)15-30)13-17-8-10-19(35)11-9-17/h1-2,5-6,8-11,16,22-24,31,35H,3-4,7,12-15,29-30H2,(H,32,36)(H,33,38)(H,34,37)(H,39,40). The molecule has 0 aliphatic rings. The predicted molar refractivity (Wildman–Crippen MR) is 149 cm³/mol. The van der Waals surface area contributed by atoms with Gasteiger partial charge in [0.15, 0.2) is 0 Å². The number of hydrogen-bond donors (Lipinski definition) is 8. The van der Waals surface area contributed by atoms with Gasteiger partial charge in [-0.05, 0) is 55.1 Å². The fourth-order valence-electron chi connectivity index (χ4n) is 4.35. The van der Waals surface area contributed by atoms with Crippen molar-refractivity contribution in [3.05, 3.63) is 65.9 Å². The van der Waals surface area contributed by atoms with Crippen LogP contribution in [-0.4, -0.2) is 70.1 Å². The lowest BCUT2D eigenvalue weighted by Gasteiger charge is -2.24. The number of aromatic hydroxyl groups is 1. The SMILES string of the molecule is NCCCCC(NC(=O)C(Cc1c[nH]c2ccccc12)NC(=O)C(Cc1ccc(O)cc1)NC(=O)CN)C(=O)O. The van der Waals surface area contributed by atoms with Gasteiger partial charge in [-0.1, -0.05) is 30.3 Å². The van der Waals surface area contributed by atoms with Crippen LogP contribution in [0.2, 0.25) is 0 Å². The van der Waals surface area contributed by atoms with Gasteiger partial charge in [-0.2, -0.15) is 0 Å². The van der Waals surface area contributed by atoms with Gasteiger partial charge in [0.2, 0.25) is 17.7 Å². The molecule has 12 nitrogen and oxygen atoms in total. The largest absolute Gasteiger partial charge is 0.508 e. The fraction of sp³-hybridized carbons (Fsp3) is 0.357. The molecule has 3 rings (SSSR count). The highest BCUT2D eigenvalue weighted by Gasteiger charge is 2.30. The van der Waals surface area contributed by atoms with Crippen molar-refractivity contribution in [1.82, 2.24) is 20.9 Å². The summed E-state index contributed by atoms with van der Waals surface area (Å²) in [4.78, 5) is 54.0. The molecule has 0 spiro atoms. The summed E-state index contributed by atoms with van der Waals surface area (Å²) < 4.78 is 0. The van der Waals surface area contributed by atoms with Crippen molar-refractivity contribution in [3.8, 4) is 5.75 Å². The van der Waals surface area contributed by atoms with Crippen LogP contribution in [-0.2, 0) is 32.0 Å². The van der Waals surface area contributed by atoms with E-state index >= 15 is 0 Å². The molecule has 3 unspecified atom stereocenters. The summed E-state index contributed by atoms with van der Waals surface area (Å²) >= 11 is 0. The van der Waals surface area contributed by atoms with Crippen LogP contribution in [0.4, 0.5) is 0 Å². The molecule has 0 saturated heterocycles. The Kier molecular flexibility index (Phi) is 11.0. The van der Waals surface area contributed by atoms with Crippen LogP contribution < -0.4 is 27.4 Å². The van der Waals surface area contributed by atoms with Crippen molar-refractivity contribution in [2.75, 3.05) is 13.1 Å². The number of rotatable bonds is 15. The molecule has 1 aromatic heterocycles. The van der Waals surface area contributed by atoms with Crippen molar-refractivity contribution >= 4 is 34.6 Å². The molecule has 0 fully saturated rings. The third-order valence-corrected chi connectivity index (χ3v) is 6.51. The van der Waals surface area contributed by atoms with E-state index in [0.717, 1.165) is 16.5 Å². The first-order valence-corrected chi connectivity index (χ1v) is 13.1. The van der Waals surface area contributed by atoms with Crippen LogP contribution >= 0.6 is 0 Å². The summed E-state index contributed by atoms with van der Waals surface area (Å²) in [5, 5.41) is 27.9. The second kappa shape index (κ2) is 14.7. The molecule has 0 bridgehead atoms. The number of fused-ring (bicyclic) bond motifs is 1. The highest BCUT2D eigenvalue weighted by molar-refractivity contribution is 5.94. The first-order valence-electron chi connectivity index (χ1n) is 13.1. The Hall–Kier alpha value is -4.42. The van der Waals surface area contributed by atoms with E-state index in [1.54, 1.807) is 18.3 Å². The number of phenolic OH excluding ortho intramolecular Hbond substituents is 1. The normalized spacial score (nSPS) is 13.2. The van der Waals surface area contributed by atoms with E-state index in [1.165, 1.54) is 12.1 Å². The second-order valence-electron chi connectivity index (χ2n) is 9.50. The molecule has 3 amide bonds. The number of aliphatic carboxylic acids is 1. The van der Waals surface area contributed by atoms with Gasteiger partial charge in [0.05, 0.1) is 6.54 Å². The average Bonchev–Trinajstić information content (AvgIpc) is 3.35. The van der Waals surface area contributed by atoms with Gasteiger partial charge in [0, 0.05) is 29.9 Å². The molecule has 1 heterocycles. The van der Waals surface area contributed by atoms with E-state index in [-0.39, 0.29) is 31.6 Å². The predicted octanol–water partition coefficient (Wildman–Crippen LogP) is 0.285. The molecular weight excluding hydrogens is 516 g/mol. The third-order valence-electron chi connectivity index (χ3n) is 6.51. The number of carboxylic acids is 1. The van der Waals surface area contributed by atoms with Gasteiger partial charge < -0.3 is 42.6 Å². The minimum atomic E-state index is -1.19. The molecule has 0 aliphatic carbocycles. The van der Waals surface area contributed by atoms with Crippen LogP contribution in [0.15, 0.2) is 54.7 Å². The molecule has 0 saturated carbocycles. The topological polar surface area (TPSA) is 213 Å². The van der Waals surface area contributed by atoms with Gasteiger partial charge >= 0.3 is 5.97 Å². The fourth-order valence-corrected chi connectivity index (χ4v) is 4.35. The smallest absolute Gasteiger partial charge is 0.326 e. The minimum absolute atomic E-state index is 0.0469. The van der Waals surface area contributed by atoms with E-state index in [0.29, 0.717) is 24.9 Å². The number of unbranched alkanes of at least 4 members (excludes halogenated alkanes) is 1. The highest BCUT2D eigenvalue weighted by Crippen LogP contribution is 2.20. The zero-order valence-corrected chi connectivity index (χ0v) is 22.1. The number of para-hydroxylation sites is 1. The molecule has 12 heteroatoms. The van der Waals surface area contributed by atoms with Gasteiger partial charge in [0.1, 0.15) is 23.9 Å². The lowest BCUT2D eigenvalue weighted by molar-refractivity contribution is -0.142. The Morgan fingerprint density at radius 3 is 2.12 bits per heavy atom. The van der Waals surface area contributed by atoms with Crippen LogP contribution in [0.5, 0.6) is 5.75 Å². The number of phenols is 1. The van der Waals surface area contributed by atoms with Gasteiger partial charge in [-0.15, -0.1) is 0 Å². The summed E-state index contributed by atoms with van der Waals surface area (Å²) in [6.45, 7) is 0.0537. The number of H-pyrrole nitrogens is 1. The molecule has 2 aromatic carbocycles. The summed E-state index contributed by atoms with van der Waals surface area (Å²) in [7, 11) is 0. The van der Waals surface area contributed by atoms with Crippen molar-refractivity contribution in [3.63, 3.8) is 0 Å². The van der Waals surface area contributed by atoms with E-state index < -0.39 is 41.8 Å². The Morgan fingerprint density at radius 2 is 1.48 bits per heavy atom. The molecule has 0 aliphatic heterocycles. The molecule has 214 valence electrons.